The number of hydrogen-bond donors (Lipinski definition) is 2. The highest BCUT2D eigenvalue weighted by Gasteiger charge is 2.51. The molecule has 1 aromatic rings. The summed E-state index contributed by atoms with van der Waals surface area (Å²) in [5, 5.41) is 5.72. The van der Waals surface area contributed by atoms with Gasteiger partial charge in [0.05, 0.1) is 5.92 Å². The van der Waals surface area contributed by atoms with Crippen LogP contribution in [0.5, 0.6) is 0 Å². The summed E-state index contributed by atoms with van der Waals surface area (Å²) in [6.45, 7) is 5.93. The van der Waals surface area contributed by atoms with E-state index in [1.807, 2.05) is 13.8 Å². The van der Waals surface area contributed by atoms with E-state index in [9.17, 15) is 14.0 Å². The molecule has 0 radical (unpaired) electrons. The predicted molar refractivity (Wildman–Crippen MR) is 96.2 cm³/mol. The van der Waals surface area contributed by atoms with Crippen LogP contribution in [0, 0.1) is 17.2 Å². The van der Waals surface area contributed by atoms with E-state index in [-0.39, 0.29) is 29.3 Å². The second-order valence-electron chi connectivity index (χ2n) is 7.51. The summed E-state index contributed by atoms with van der Waals surface area (Å²) < 4.78 is 18.8. The highest BCUT2D eigenvalue weighted by atomic mass is 19.1. The number of amides is 3. The van der Waals surface area contributed by atoms with Crippen LogP contribution in [0.1, 0.15) is 26.7 Å². The molecule has 2 aliphatic heterocycles. The minimum absolute atomic E-state index is 0.0112. The second-order valence-corrected chi connectivity index (χ2v) is 7.51. The molecule has 0 bridgehead atoms. The van der Waals surface area contributed by atoms with Crippen molar-refractivity contribution in [1.29, 1.82) is 0 Å². The van der Waals surface area contributed by atoms with E-state index < -0.39 is 5.82 Å². The quantitative estimate of drug-likeness (QED) is 0.867. The molecule has 1 spiro atoms. The molecular weight excluding hydrogens is 337 g/mol. The van der Waals surface area contributed by atoms with Crippen molar-refractivity contribution in [2.75, 3.05) is 31.6 Å². The number of likely N-dealkylation sites (tertiary alicyclic amines) is 1. The minimum Gasteiger partial charge on any atom is -0.381 e. The van der Waals surface area contributed by atoms with E-state index in [0.29, 0.717) is 32.0 Å². The normalized spacial score (nSPS) is 21.8. The number of benzene rings is 1. The molecule has 2 N–H and O–H groups in total. The number of urea groups is 1. The molecule has 3 amide bonds. The van der Waals surface area contributed by atoms with Crippen LogP contribution in [0.2, 0.25) is 0 Å². The van der Waals surface area contributed by atoms with E-state index in [1.54, 1.807) is 17.0 Å². The zero-order chi connectivity index (χ0) is 18.7. The van der Waals surface area contributed by atoms with Crippen LogP contribution >= 0.6 is 0 Å². The van der Waals surface area contributed by atoms with Crippen LogP contribution in [0.15, 0.2) is 24.3 Å². The van der Waals surface area contributed by atoms with Gasteiger partial charge in [-0.05, 0) is 44.9 Å². The summed E-state index contributed by atoms with van der Waals surface area (Å²) in [6, 6.07) is 5.55. The number of halogens is 1. The Morgan fingerprint density at radius 2 is 2.04 bits per heavy atom. The van der Waals surface area contributed by atoms with Gasteiger partial charge in [0.25, 0.3) is 0 Å². The van der Waals surface area contributed by atoms with Gasteiger partial charge in [0.2, 0.25) is 5.91 Å². The number of nitrogens with one attached hydrogen (secondary N) is 2. The molecule has 6 nitrogen and oxygen atoms in total. The molecule has 0 aromatic heterocycles. The number of carbonyl (C=O) groups excluding carboxylic acids is 2. The summed E-state index contributed by atoms with van der Waals surface area (Å²) in [5.74, 6) is -0.672. The largest absolute Gasteiger partial charge is 0.381 e. The molecular formula is C19H26FN3O3. The smallest absolute Gasteiger partial charge is 0.321 e. The van der Waals surface area contributed by atoms with Gasteiger partial charge in [-0.3, -0.25) is 4.79 Å². The van der Waals surface area contributed by atoms with Gasteiger partial charge >= 0.3 is 6.03 Å². The Hall–Kier alpha value is -2.15. The van der Waals surface area contributed by atoms with Crippen LogP contribution in [0.4, 0.5) is 14.9 Å². The van der Waals surface area contributed by atoms with Crippen molar-refractivity contribution in [2.45, 2.75) is 32.7 Å². The summed E-state index contributed by atoms with van der Waals surface area (Å²) in [6.07, 6.45) is 1.51. The van der Waals surface area contributed by atoms with Crippen LogP contribution in [-0.4, -0.2) is 49.2 Å². The number of anilines is 1. The van der Waals surface area contributed by atoms with E-state index in [1.165, 1.54) is 12.1 Å². The zero-order valence-electron chi connectivity index (χ0n) is 15.3. The average molecular weight is 363 g/mol. The summed E-state index contributed by atoms with van der Waals surface area (Å²) >= 11 is 0. The number of rotatable bonds is 3. The predicted octanol–water partition coefficient (Wildman–Crippen LogP) is 2.61. The maximum Gasteiger partial charge on any atom is 0.321 e. The molecule has 2 aliphatic rings. The van der Waals surface area contributed by atoms with Crippen molar-refractivity contribution >= 4 is 17.6 Å². The van der Waals surface area contributed by atoms with Crippen LogP contribution in [0.3, 0.4) is 0 Å². The van der Waals surface area contributed by atoms with E-state index in [2.05, 4.69) is 10.6 Å². The molecule has 1 unspecified atom stereocenters. The number of carbonyl (C=O) groups is 2. The van der Waals surface area contributed by atoms with Crippen molar-refractivity contribution in [3.63, 3.8) is 0 Å². The third-order valence-electron chi connectivity index (χ3n) is 5.25. The minimum atomic E-state index is -0.403. The van der Waals surface area contributed by atoms with Gasteiger partial charge in [-0.25, -0.2) is 9.18 Å². The number of hydrogen-bond acceptors (Lipinski definition) is 3. The van der Waals surface area contributed by atoms with Gasteiger partial charge in [0, 0.05) is 43.4 Å². The van der Waals surface area contributed by atoms with Crippen molar-refractivity contribution in [1.82, 2.24) is 10.2 Å². The lowest BCUT2D eigenvalue weighted by Crippen LogP contribution is -2.46. The molecule has 7 heteroatoms. The SMILES string of the molecule is CC(C)NC(=O)C1CN(C(=O)Nc2cccc(F)c2)CC12CCOCC2. The zero-order valence-corrected chi connectivity index (χ0v) is 15.3. The second kappa shape index (κ2) is 7.61. The van der Waals surface area contributed by atoms with Crippen LogP contribution in [0.25, 0.3) is 0 Å². The Morgan fingerprint density at radius 3 is 2.69 bits per heavy atom. The Balaban J connectivity index is 1.74. The molecule has 2 heterocycles. The van der Waals surface area contributed by atoms with Crippen molar-refractivity contribution < 1.29 is 18.7 Å². The van der Waals surface area contributed by atoms with Crippen molar-refractivity contribution in [3.8, 4) is 0 Å². The van der Waals surface area contributed by atoms with Gasteiger partial charge in [0.1, 0.15) is 5.82 Å². The van der Waals surface area contributed by atoms with Gasteiger partial charge < -0.3 is 20.3 Å². The highest BCUT2D eigenvalue weighted by Crippen LogP contribution is 2.44. The van der Waals surface area contributed by atoms with Crippen molar-refractivity contribution in [3.05, 3.63) is 30.1 Å². The van der Waals surface area contributed by atoms with E-state index in [0.717, 1.165) is 12.8 Å². The lowest BCUT2D eigenvalue weighted by molar-refractivity contribution is -0.130. The fraction of sp³-hybridized carbons (Fsp3) is 0.579. The molecule has 1 atom stereocenters. The molecule has 142 valence electrons. The maximum atomic E-state index is 13.3. The Bertz CT molecular complexity index is 674. The lowest BCUT2D eigenvalue weighted by Gasteiger charge is -2.37. The molecule has 2 saturated heterocycles. The van der Waals surface area contributed by atoms with Crippen LogP contribution in [-0.2, 0) is 9.53 Å². The maximum absolute atomic E-state index is 13.3. The molecule has 0 saturated carbocycles. The van der Waals surface area contributed by atoms with Gasteiger partial charge in [-0.15, -0.1) is 0 Å². The topological polar surface area (TPSA) is 70.7 Å². The molecule has 2 fully saturated rings. The highest BCUT2D eigenvalue weighted by molar-refractivity contribution is 5.90. The molecule has 3 rings (SSSR count). The average Bonchev–Trinajstić information content (AvgIpc) is 2.94. The Labute approximate surface area is 153 Å². The van der Waals surface area contributed by atoms with Crippen LogP contribution < -0.4 is 10.6 Å². The summed E-state index contributed by atoms with van der Waals surface area (Å²) in [4.78, 5) is 27.1. The summed E-state index contributed by atoms with van der Waals surface area (Å²) in [5.41, 5.74) is 0.155. The molecule has 26 heavy (non-hydrogen) atoms. The first-order chi connectivity index (χ1) is 12.4. The Morgan fingerprint density at radius 1 is 1.31 bits per heavy atom. The summed E-state index contributed by atoms with van der Waals surface area (Å²) in [7, 11) is 0. The fourth-order valence-corrected chi connectivity index (χ4v) is 3.92. The monoisotopic (exact) mass is 363 g/mol. The number of ether oxygens (including phenoxy) is 1. The first-order valence-electron chi connectivity index (χ1n) is 9.09. The molecule has 1 aromatic carbocycles. The van der Waals surface area contributed by atoms with Gasteiger partial charge in [-0.2, -0.15) is 0 Å². The standard InChI is InChI=1S/C19H26FN3O3/c1-13(2)21-17(24)16-11-23(12-19(16)6-8-26-9-7-19)18(25)22-15-5-3-4-14(20)10-15/h3-5,10,13,16H,6-9,11-12H2,1-2H3,(H,21,24)(H,22,25). The van der Waals surface area contributed by atoms with E-state index in [4.69, 9.17) is 4.74 Å². The fourth-order valence-electron chi connectivity index (χ4n) is 3.92. The number of nitrogens with zero attached hydrogens (tertiary/aromatic N) is 1. The van der Waals surface area contributed by atoms with Crippen molar-refractivity contribution in [2.24, 2.45) is 11.3 Å². The lowest BCUT2D eigenvalue weighted by atomic mass is 9.71. The Kier molecular flexibility index (Phi) is 5.46. The third kappa shape index (κ3) is 3.98. The van der Waals surface area contributed by atoms with Gasteiger partial charge in [0.15, 0.2) is 0 Å². The van der Waals surface area contributed by atoms with Gasteiger partial charge in [-0.1, -0.05) is 6.07 Å². The first kappa shape index (κ1) is 18.6. The first-order valence-corrected chi connectivity index (χ1v) is 9.09. The van der Waals surface area contributed by atoms with E-state index >= 15 is 0 Å². The molecule has 0 aliphatic carbocycles. The third-order valence-corrected chi connectivity index (χ3v) is 5.25.